The third kappa shape index (κ3) is 4.11. The van der Waals surface area contributed by atoms with Crippen LogP contribution in [0.25, 0.3) is 0 Å². The second-order valence-electron chi connectivity index (χ2n) is 7.95. The molecule has 2 aromatic carbocycles. The van der Waals surface area contributed by atoms with Crippen LogP contribution < -0.4 is 5.32 Å². The molecule has 0 bridgehead atoms. The van der Waals surface area contributed by atoms with Crippen molar-refractivity contribution in [3.8, 4) is 0 Å². The van der Waals surface area contributed by atoms with Crippen LogP contribution in [0.1, 0.15) is 48.3 Å². The van der Waals surface area contributed by atoms with Gasteiger partial charge in [-0.25, -0.2) is 0 Å². The summed E-state index contributed by atoms with van der Waals surface area (Å²) in [6, 6.07) is 18.3. The minimum atomic E-state index is -0.00610. The van der Waals surface area contributed by atoms with Crippen molar-refractivity contribution < 1.29 is 9.59 Å². The van der Waals surface area contributed by atoms with Crippen LogP contribution >= 0.6 is 0 Å². The van der Waals surface area contributed by atoms with Gasteiger partial charge in [0.1, 0.15) is 0 Å². The van der Waals surface area contributed by atoms with Gasteiger partial charge in [0.05, 0.1) is 5.92 Å². The van der Waals surface area contributed by atoms with E-state index in [9.17, 15) is 9.59 Å². The van der Waals surface area contributed by atoms with Crippen LogP contribution in [0.3, 0.4) is 0 Å². The highest BCUT2D eigenvalue weighted by Crippen LogP contribution is 2.33. The Morgan fingerprint density at radius 2 is 1.64 bits per heavy atom. The molecule has 28 heavy (non-hydrogen) atoms. The lowest BCUT2D eigenvalue weighted by atomic mass is 9.81. The van der Waals surface area contributed by atoms with E-state index in [0.29, 0.717) is 19.6 Å². The molecule has 0 saturated carbocycles. The Hall–Kier alpha value is -2.62. The fraction of sp³-hybridized carbons (Fsp3) is 0.417. The Labute approximate surface area is 166 Å². The predicted octanol–water partition coefficient (Wildman–Crippen LogP) is 3.66. The standard InChI is InChI=1S/C24H28N2O2/c27-23(25-17-18-7-2-1-3-8-18)20-13-15-26(16-14-20)24(28)22-12-6-10-19-9-4-5-11-21(19)22/h1-5,7-9,11,20,22H,6,10,12-17H2,(H,25,27). The highest BCUT2D eigenvalue weighted by Gasteiger charge is 2.33. The van der Waals surface area contributed by atoms with Crippen LogP contribution in [-0.2, 0) is 22.6 Å². The smallest absolute Gasteiger partial charge is 0.230 e. The van der Waals surface area contributed by atoms with Gasteiger partial charge in [0.15, 0.2) is 0 Å². The maximum atomic E-state index is 13.1. The molecule has 1 heterocycles. The first-order chi connectivity index (χ1) is 13.7. The number of hydrogen-bond acceptors (Lipinski definition) is 2. The van der Waals surface area contributed by atoms with E-state index in [0.717, 1.165) is 37.7 Å². The summed E-state index contributed by atoms with van der Waals surface area (Å²) in [4.78, 5) is 27.6. The molecule has 1 aliphatic carbocycles. The third-order valence-electron chi connectivity index (χ3n) is 6.15. The van der Waals surface area contributed by atoms with Crippen molar-refractivity contribution in [2.45, 2.75) is 44.6 Å². The first kappa shape index (κ1) is 18.7. The molecule has 1 N–H and O–H groups in total. The van der Waals surface area contributed by atoms with Crippen LogP contribution in [0.4, 0.5) is 0 Å². The molecule has 2 amide bonds. The molecule has 0 aromatic heterocycles. The van der Waals surface area contributed by atoms with Crippen molar-refractivity contribution in [3.63, 3.8) is 0 Å². The summed E-state index contributed by atoms with van der Waals surface area (Å²) < 4.78 is 0. The molecule has 0 radical (unpaired) electrons. The summed E-state index contributed by atoms with van der Waals surface area (Å²) in [7, 11) is 0. The number of likely N-dealkylation sites (tertiary alicyclic amines) is 1. The summed E-state index contributed by atoms with van der Waals surface area (Å²) in [5.74, 6) is 0.356. The van der Waals surface area contributed by atoms with Crippen molar-refractivity contribution in [3.05, 3.63) is 71.3 Å². The highest BCUT2D eigenvalue weighted by molar-refractivity contribution is 5.85. The van der Waals surface area contributed by atoms with Crippen LogP contribution in [0.2, 0.25) is 0 Å². The molecule has 0 spiro atoms. The van der Waals surface area contributed by atoms with Crippen LogP contribution in [0.5, 0.6) is 0 Å². The Kier molecular flexibility index (Phi) is 5.75. The SMILES string of the molecule is O=C(NCc1ccccc1)C1CCN(C(=O)C2CCCc3ccccc32)CC1. The molecule has 1 unspecified atom stereocenters. The first-order valence-corrected chi connectivity index (χ1v) is 10.4. The van der Waals surface area contributed by atoms with Gasteiger partial charge in [0, 0.05) is 25.6 Å². The van der Waals surface area contributed by atoms with Gasteiger partial charge in [-0.3, -0.25) is 9.59 Å². The lowest BCUT2D eigenvalue weighted by molar-refractivity contribution is -0.137. The fourth-order valence-electron chi connectivity index (χ4n) is 4.52. The van der Waals surface area contributed by atoms with E-state index in [4.69, 9.17) is 0 Å². The minimum Gasteiger partial charge on any atom is -0.352 e. The number of amides is 2. The van der Waals surface area contributed by atoms with Gasteiger partial charge in [-0.05, 0) is 48.8 Å². The van der Waals surface area contributed by atoms with Crippen molar-refractivity contribution in [2.75, 3.05) is 13.1 Å². The normalized spacial score (nSPS) is 19.7. The van der Waals surface area contributed by atoms with E-state index < -0.39 is 0 Å². The third-order valence-corrected chi connectivity index (χ3v) is 6.15. The predicted molar refractivity (Wildman–Crippen MR) is 110 cm³/mol. The van der Waals surface area contributed by atoms with Crippen LogP contribution in [0, 0.1) is 5.92 Å². The highest BCUT2D eigenvalue weighted by atomic mass is 16.2. The Balaban J connectivity index is 1.30. The first-order valence-electron chi connectivity index (χ1n) is 10.4. The number of aryl methyl sites for hydroxylation is 1. The monoisotopic (exact) mass is 376 g/mol. The number of nitrogens with one attached hydrogen (secondary N) is 1. The quantitative estimate of drug-likeness (QED) is 0.885. The maximum absolute atomic E-state index is 13.1. The number of fused-ring (bicyclic) bond motifs is 1. The maximum Gasteiger partial charge on any atom is 0.230 e. The average Bonchev–Trinajstić information content (AvgIpc) is 2.77. The molecular formula is C24H28N2O2. The Morgan fingerprint density at radius 3 is 2.43 bits per heavy atom. The molecule has 2 aromatic rings. The topological polar surface area (TPSA) is 49.4 Å². The molecule has 1 atom stereocenters. The number of carbonyl (C=O) groups excluding carboxylic acids is 2. The lowest BCUT2D eigenvalue weighted by Gasteiger charge is -2.35. The zero-order valence-electron chi connectivity index (χ0n) is 16.3. The molecule has 1 aliphatic heterocycles. The molecule has 4 heteroatoms. The van der Waals surface area contributed by atoms with Crippen molar-refractivity contribution in [1.82, 2.24) is 10.2 Å². The van der Waals surface area contributed by atoms with Gasteiger partial charge in [0.25, 0.3) is 0 Å². The number of hydrogen-bond donors (Lipinski definition) is 1. The summed E-state index contributed by atoms with van der Waals surface area (Å²) in [6.45, 7) is 1.93. The van der Waals surface area contributed by atoms with Crippen molar-refractivity contribution in [1.29, 1.82) is 0 Å². The number of piperidine rings is 1. The summed E-state index contributed by atoms with van der Waals surface area (Å²) in [5.41, 5.74) is 3.64. The van der Waals surface area contributed by atoms with E-state index in [-0.39, 0.29) is 23.7 Å². The molecule has 4 rings (SSSR count). The van der Waals surface area contributed by atoms with E-state index in [1.54, 1.807) is 0 Å². The van der Waals surface area contributed by atoms with Gasteiger partial charge in [-0.1, -0.05) is 54.6 Å². The second kappa shape index (κ2) is 8.59. The van der Waals surface area contributed by atoms with E-state index in [1.165, 1.54) is 11.1 Å². The minimum absolute atomic E-state index is 0.00593. The zero-order chi connectivity index (χ0) is 19.3. The Morgan fingerprint density at radius 1 is 0.929 bits per heavy atom. The van der Waals surface area contributed by atoms with Crippen LogP contribution in [0.15, 0.2) is 54.6 Å². The number of carbonyl (C=O) groups is 2. The number of benzene rings is 2. The van der Waals surface area contributed by atoms with Gasteiger partial charge < -0.3 is 10.2 Å². The summed E-state index contributed by atoms with van der Waals surface area (Å²) >= 11 is 0. The van der Waals surface area contributed by atoms with E-state index in [2.05, 4.69) is 23.5 Å². The zero-order valence-corrected chi connectivity index (χ0v) is 16.3. The fourth-order valence-corrected chi connectivity index (χ4v) is 4.52. The lowest BCUT2D eigenvalue weighted by Crippen LogP contribution is -2.45. The number of nitrogens with zero attached hydrogens (tertiary/aromatic N) is 1. The van der Waals surface area contributed by atoms with Crippen molar-refractivity contribution >= 4 is 11.8 Å². The Bertz CT molecular complexity index is 826. The van der Waals surface area contributed by atoms with Crippen molar-refractivity contribution in [2.24, 2.45) is 5.92 Å². The van der Waals surface area contributed by atoms with Gasteiger partial charge in [-0.15, -0.1) is 0 Å². The van der Waals surface area contributed by atoms with Gasteiger partial charge >= 0.3 is 0 Å². The molecule has 1 fully saturated rings. The van der Waals surface area contributed by atoms with E-state index in [1.807, 2.05) is 41.3 Å². The molecule has 146 valence electrons. The summed E-state index contributed by atoms with van der Waals surface area (Å²) in [6.07, 6.45) is 4.59. The van der Waals surface area contributed by atoms with Gasteiger partial charge in [0.2, 0.25) is 11.8 Å². The molecule has 4 nitrogen and oxygen atoms in total. The largest absolute Gasteiger partial charge is 0.352 e. The molecule has 2 aliphatic rings. The molecular weight excluding hydrogens is 348 g/mol. The van der Waals surface area contributed by atoms with E-state index >= 15 is 0 Å². The number of rotatable bonds is 4. The van der Waals surface area contributed by atoms with Crippen LogP contribution in [-0.4, -0.2) is 29.8 Å². The molecule has 1 saturated heterocycles. The summed E-state index contributed by atoms with van der Waals surface area (Å²) in [5, 5.41) is 3.05. The second-order valence-corrected chi connectivity index (χ2v) is 7.95. The van der Waals surface area contributed by atoms with Gasteiger partial charge in [-0.2, -0.15) is 0 Å². The average molecular weight is 377 g/mol.